The van der Waals surface area contributed by atoms with Crippen molar-refractivity contribution in [3.05, 3.63) is 71.1 Å². The first-order valence-corrected chi connectivity index (χ1v) is 10.4. The first-order chi connectivity index (χ1) is 15.9. The van der Waals surface area contributed by atoms with Gasteiger partial charge < -0.3 is 13.9 Å². The van der Waals surface area contributed by atoms with E-state index < -0.39 is 17.4 Å². The molecule has 0 amide bonds. The van der Waals surface area contributed by atoms with Crippen LogP contribution in [0, 0.1) is 17.6 Å². The minimum absolute atomic E-state index is 0.00602. The zero-order chi connectivity index (χ0) is 23.4. The maximum absolute atomic E-state index is 13.3. The lowest BCUT2D eigenvalue weighted by atomic mass is 10.1. The molecule has 4 rings (SSSR count). The number of hydrogen-bond donors (Lipinski definition) is 0. The fourth-order valence-electron chi connectivity index (χ4n) is 3.71. The first kappa shape index (κ1) is 22.5. The summed E-state index contributed by atoms with van der Waals surface area (Å²) in [4.78, 5) is 28.3. The van der Waals surface area contributed by atoms with Crippen molar-refractivity contribution in [3.63, 3.8) is 0 Å². The van der Waals surface area contributed by atoms with E-state index in [1.54, 1.807) is 12.1 Å². The number of carbonyl (C=O) groups is 2. The number of pyridine rings is 1. The van der Waals surface area contributed by atoms with Crippen molar-refractivity contribution in [1.82, 2.24) is 15.2 Å². The van der Waals surface area contributed by atoms with Crippen LogP contribution in [-0.4, -0.2) is 40.1 Å². The van der Waals surface area contributed by atoms with Gasteiger partial charge in [0.25, 0.3) is 5.89 Å². The van der Waals surface area contributed by atoms with Gasteiger partial charge in [-0.25, -0.2) is 13.8 Å². The number of hydrogen-bond acceptors (Lipinski definition) is 8. The molecular formula is C23H21F2N3O5. The van der Waals surface area contributed by atoms with E-state index in [9.17, 15) is 18.4 Å². The molecule has 0 N–H and O–H groups in total. The van der Waals surface area contributed by atoms with E-state index in [1.807, 2.05) is 0 Å². The molecule has 2 aromatic heterocycles. The highest BCUT2D eigenvalue weighted by Gasteiger charge is 2.32. The van der Waals surface area contributed by atoms with Gasteiger partial charge in [-0.1, -0.05) is 12.1 Å². The Morgan fingerprint density at radius 1 is 1.09 bits per heavy atom. The maximum Gasteiger partial charge on any atom is 0.308 e. The highest BCUT2D eigenvalue weighted by Crippen LogP contribution is 2.29. The number of methoxy groups -OCH3 is 1. The third-order valence-electron chi connectivity index (χ3n) is 5.41. The van der Waals surface area contributed by atoms with Gasteiger partial charge in [0.2, 0.25) is 17.6 Å². The van der Waals surface area contributed by atoms with E-state index in [2.05, 4.69) is 15.2 Å². The largest absolute Gasteiger partial charge is 0.474 e. The van der Waals surface area contributed by atoms with Gasteiger partial charge in [-0.3, -0.25) is 9.59 Å². The monoisotopic (exact) mass is 457 g/mol. The lowest BCUT2D eigenvalue weighted by Crippen LogP contribution is -2.17. The van der Waals surface area contributed by atoms with Crippen LogP contribution in [-0.2, 0) is 22.4 Å². The molecule has 0 saturated heterocycles. The average Bonchev–Trinajstić information content (AvgIpc) is 3.47. The van der Waals surface area contributed by atoms with E-state index in [4.69, 9.17) is 13.9 Å². The summed E-state index contributed by atoms with van der Waals surface area (Å²) in [5, 5.41) is 7.55. The standard InChI is InChI=1S/C23H21F2N3O5/c1-31-23(30)15-4-5-16(11-15)32-20-7-3-14(12-26-20)9-19(29)22-28-27-21(33-22)10-13-2-6-17(24)18(25)8-13/h2-3,6-8,12,15-16H,4-5,9-11H2,1H3/t15-,16-/m1/s1. The molecule has 0 bridgehead atoms. The number of esters is 1. The van der Waals surface area contributed by atoms with E-state index >= 15 is 0 Å². The van der Waals surface area contributed by atoms with Gasteiger partial charge in [-0.05, 0) is 42.5 Å². The zero-order valence-corrected chi connectivity index (χ0v) is 17.8. The lowest BCUT2D eigenvalue weighted by Gasteiger charge is -2.13. The second-order valence-electron chi connectivity index (χ2n) is 7.80. The van der Waals surface area contributed by atoms with Crippen molar-refractivity contribution in [2.45, 2.75) is 38.2 Å². The maximum atomic E-state index is 13.3. The minimum atomic E-state index is -0.973. The summed E-state index contributed by atoms with van der Waals surface area (Å²) in [6.45, 7) is 0. The topological polar surface area (TPSA) is 104 Å². The molecule has 1 aliphatic carbocycles. The molecule has 2 atom stereocenters. The predicted molar refractivity (Wildman–Crippen MR) is 110 cm³/mol. The molecule has 0 aliphatic heterocycles. The van der Waals surface area contributed by atoms with Crippen LogP contribution in [0.4, 0.5) is 8.78 Å². The third-order valence-corrected chi connectivity index (χ3v) is 5.41. The van der Waals surface area contributed by atoms with Gasteiger partial charge in [-0.2, -0.15) is 0 Å². The van der Waals surface area contributed by atoms with Crippen molar-refractivity contribution in [3.8, 4) is 5.88 Å². The normalized spacial score (nSPS) is 17.7. The summed E-state index contributed by atoms with van der Waals surface area (Å²) >= 11 is 0. The van der Waals surface area contributed by atoms with Gasteiger partial charge in [0.05, 0.1) is 19.4 Å². The summed E-state index contributed by atoms with van der Waals surface area (Å²) in [6.07, 6.45) is 3.52. The van der Waals surface area contributed by atoms with E-state index in [1.165, 1.54) is 19.4 Å². The average molecular weight is 457 g/mol. The summed E-state index contributed by atoms with van der Waals surface area (Å²) in [7, 11) is 1.37. The second-order valence-corrected chi connectivity index (χ2v) is 7.80. The molecular weight excluding hydrogens is 436 g/mol. The number of ketones is 1. The number of benzene rings is 1. The van der Waals surface area contributed by atoms with E-state index in [0.29, 0.717) is 29.8 Å². The van der Waals surface area contributed by atoms with Crippen LogP contribution >= 0.6 is 0 Å². The Kier molecular flexibility index (Phi) is 6.71. The number of aromatic nitrogens is 3. The molecule has 1 aromatic carbocycles. The Labute approximate surface area is 187 Å². The molecule has 1 aliphatic rings. The van der Waals surface area contributed by atoms with Crippen molar-refractivity contribution in [2.24, 2.45) is 5.92 Å². The van der Waals surface area contributed by atoms with E-state index in [0.717, 1.165) is 18.6 Å². The van der Waals surface area contributed by atoms with Crippen LogP contribution in [0.3, 0.4) is 0 Å². The van der Waals surface area contributed by atoms with Gasteiger partial charge in [0.1, 0.15) is 6.10 Å². The Balaban J connectivity index is 1.31. The van der Waals surface area contributed by atoms with Crippen molar-refractivity contribution in [2.75, 3.05) is 7.11 Å². The molecule has 0 unspecified atom stereocenters. The quantitative estimate of drug-likeness (QED) is 0.374. The lowest BCUT2D eigenvalue weighted by molar-refractivity contribution is -0.145. The van der Waals surface area contributed by atoms with Crippen LogP contribution in [0.1, 0.15) is 47.0 Å². The fraction of sp³-hybridized carbons (Fsp3) is 0.348. The smallest absolute Gasteiger partial charge is 0.308 e. The number of ether oxygens (including phenoxy) is 2. The van der Waals surface area contributed by atoms with Crippen molar-refractivity contribution >= 4 is 11.8 Å². The van der Waals surface area contributed by atoms with Gasteiger partial charge in [-0.15, -0.1) is 10.2 Å². The fourth-order valence-corrected chi connectivity index (χ4v) is 3.71. The third kappa shape index (κ3) is 5.57. The molecule has 8 nitrogen and oxygen atoms in total. The highest BCUT2D eigenvalue weighted by atomic mass is 19.2. The predicted octanol–water partition coefficient (Wildman–Crippen LogP) is 3.48. The number of rotatable bonds is 8. The number of carbonyl (C=O) groups excluding carboxylic acids is 2. The number of halogens is 2. The molecule has 10 heteroatoms. The second kappa shape index (κ2) is 9.85. The summed E-state index contributed by atoms with van der Waals surface area (Å²) < 4.78 is 42.3. The summed E-state index contributed by atoms with van der Waals surface area (Å²) in [5.74, 6) is -2.34. The van der Waals surface area contributed by atoms with Gasteiger partial charge in [0.15, 0.2) is 11.6 Å². The van der Waals surface area contributed by atoms with Crippen LogP contribution in [0.15, 0.2) is 40.9 Å². The highest BCUT2D eigenvalue weighted by molar-refractivity contribution is 5.93. The summed E-state index contributed by atoms with van der Waals surface area (Å²) in [5.41, 5.74) is 1.07. The zero-order valence-electron chi connectivity index (χ0n) is 17.8. The first-order valence-electron chi connectivity index (χ1n) is 10.4. The molecule has 1 fully saturated rings. The van der Waals surface area contributed by atoms with Gasteiger partial charge in [0, 0.05) is 18.7 Å². The Bertz CT molecular complexity index is 1150. The molecule has 2 heterocycles. The molecule has 3 aromatic rings. The summed E-state index contributed by atoms with van der Waals surface area (Å²) in [6, 6.07) is 6.83. The number of nitrogens with zero attached hydrogens (tertiary/aromatic N) is 3. The van der Waals surface area contributed by atoms with Crippen LogP contribution in [0.2, 0.25) is 0 Å². The molecule has 1 saturated carbocycles. The Hall–Kier alpha value is -3.69. The van der Waals surface area contributed by atoms with Crippen molar-refractivity contribution < 1.29 is 32.3 Å². The van der Waals surface area contributed by atoms with Crippen LogP contribution in [0.5, 0.6) is 5.88 Å². The molecule has 0 spiro atoms. The van der Waals surface area contributed by atoms with Crippen molar-refractivity contribution in [1.29, 1.82) is 0 Å². The van der Waals surface area contributed by atoms with E-state index in [-0.39, 0.29) is 42.6 Å². The molecule has 33 heavy (non-hydrogen) atoms. The Morgan fingerprint density at radius 3 is 2.64 bits per heavy atom. The number of Topliss-reactive ketones (excluding diaryl/α,β-unsaturated/α-hetero) is 1. The minimum Gasteiger partial charge on any atom is -0.474 e. The van der Waals surface area contributed by atoms with Crippen LogP contribution in [0.25, 0.3) is 0 Å². The molecule has 172 valence electrons. The molecule has 0 radical (unpaired) electrons. The SMILES string of the molecule is COC(=O)[C@@H]1CC[C@@H](Oc2ccc(CC(=O)c3nnc(Cc4ccc(F)c(F)c4)o3)cn2)C1. The van der Waals surface area contributed by atoms with Crippen LogP contribution < -0.4 is 4.74 Å². The van der Waals surface area contributed by atoms with Gasteiger partial charge >= 0.3 is 5.97 Å². The Morgan fingerprint density at radius 2 is 1.91 bits per heavy atom.